The molecule has 0 N–H and O–H groups in total. The molecule has 1 aromatic carbocycles. The quantitative estimate of drug-likeness (QED) is 0.683. The number of halogens is 2. The van der Waals surface area contributed by atoms with E-state index in [1.54, 1.807) is 6.20 Å². The number of nitrogens with zero attached hydrogens (tertiary/aromatic N) is 4. The first-order valence-electron chi connectivity index (χ1n) is 5.94. The van der Waals surface area contributed by atoms with Gasteiger partial charge in [-0.3, -0.25) is 0 Å². The van der Waals surface area contributed by atoms with E-state index in [0.29, 0.717) is 5.88 Å². The highest BCUT2D eigenvalue weighted by atomic mass is 79.9. The van der Waals surface area contributed by atoms with Gasteiger partial charge in [-0.1, -0.05) is 15.9 Å². The molecule has 0 aliphatic heterocycles. The first-order chi connectivity index (χ1) is 9.28. The number of imidazole rings is 2. The molecular weight excluding hydrogens is 328 g/mol. The second-order valence-electron chi connectivity index (χ2n) is 4.25. The van der Waals surface area contributed by atoms with Crippen LogP contribution in [0, 0.1) is 0 Å². The van der Waals surface area contributed by atoms with Gasteiger partial charge in [0, 0.05) is 30.0 Å². The fourth-order valence-electron chi connectivity index (χ4n) is 2.14. The number of aryl methyl sites for hydroxylation is 2. The Hall–Kier alpha value is -1.33. The van der Waals surface area contributed by atoms with Gasteiger partial charge >= 0.3 is 0 Å². The van der Waals surface area contributed by atoms with Crippen LogP contribution in [0.2, 0.25) is 0 Å². The van der Waals surface area contributed by atoms with Crippen molar-refractivity contribution in [1.29, 1.82) is 0 Å². The van der Waals surface area contributed by atoms with Gasteiger partial charge in [0.1, 0.15) is 5.82 Å². The maximum atomic E-state index is 5.99. The second-order valence-corrected chi connectivity index (χ2v) is 5.43. The third-order valence-corrected chi connectivity index (χ3v) is 3.78. The summed E-state index contributed by atoms with van der Waals surface area (Å²) in [5.41, 5.74) is 2.08. The zero-order chi connectivity index (χ0) is 13.2. The van der Waals surface area contributed by atoms with Gasteiger partial charge in [-0.2, -0.15) is 0 Å². The zero-order valence-electron chi connectivity index (χ0n) is 10.1. The molecule has 0 amide bonds. The van der Waals surface area contributed by atoms with Crippen LogP contribution < -0.4 is 0 Å². The molecule has 4 nitrogen and oxygen atoms in total. The van der Waals surface area contributed by atoms with E-state index in [-0.39, 0.29) is 0 Å². The van der Waals surface area contributed by atoms with Crippen molar-refractivity contribution in [3.63, 3.8) is 0 Å². The number of rotatable bonds is 4. The van der Waals surface area contributed by atoms with Crippen molar-refractivity contribution in [3.05, 3.63) is 47.2 Å². The number of hydrogen-bond donors (Lipinski definition) is 0. The van der Waals surface area contributed by atoms with Crippen LogP contribution in [0.15, 0.2) is 41.4 Å². The molecule has 0 bridgehead atoms. The van der Waals surface area contributed by atoms with Gasteiger partial charge in [0.05, 0.1) is 23.2 Å². The Kier molecular flexibility index (Phi) is 3.57. The molecule has 2 heterocycles. The lowest BCUT2D eigenvalue weighted by atomic mass is 10.3. The lowest BCUT2D eigenvalue weighted by molar-refractivity contribution is 0.577. The Labute approximate surface area is 124 Å². The Balaban J connectivity index is 1.96. The van der Waals surface area contributed by atoms with Gasteiger partial charge in [0.2, 0.25) is 0 Å². The monoisotopic (exact) mass is 338 g/mol. The van der Waals surface area contributed by atoms with Crippen LogP contribution in [0.1, 0.15) is 5.82 Å². The highest BCUT2D eigenvalue weighted by molar-refractivity contribution is 9.10. The minimum atomic E-state index is 0.413. The first-order valence-corrected chi connectivity index (χ1v) is 7.27. The molecule has 98 valence electrons. The predicted molar refractivity (Wildman–Crippen MR) is 79.2 cm³/mol. The van der Waals surface area contributed by atoms with Crippen molar-refractivity contribution in [3.8, 4) is 0 Å². The van der Waals surface area contributed by atoms with Crippen molar-refractivity contribution in [2.24, 2.45) is 0 Å². The third-order valence-electron chi connectivity index (χ3n) is 3.05. The molecule has 0 saturated carbocycles. The molecule has 0 saturated heterocycles. The van der Waals surface area contributed by atoms with E-state index in [2.05, 4.69) is 36.5 Å². The Bertz CT molecular complexity index is 690. The normalized spacial score (nSPS) is 11.3. The fourth-order valence-corrected chi connectivity index (χ4v) is 2.69. The van der Waals surface area contributed by atoms with E-state index in [0.717, 1.165) is 34.4 Å². The summed E-state index contributed by atoms with van der Waals surface area (Å²) in [6.07, 6.45) is 5.55. The van der Waals surface area contributed by atoms with Crippen molar-refractivity contribution in [1.82, 2.24) is 19.1 Å². The van der Waals surface area contributed by atoms with Gasteiger partial charge in [-0.05, 0) is 18.2 Å². The van der Waals surface area contributed by atoms with Gasteiger partial charge in [-0.15, -0.1) is 11.6 Å². The van der Waals surface area contributed by atoms with Gasteiger partial charge < -0.3 is 9.13 Å². The molecule has 0 spiro atoms. The Morgan fingerprint density at radius 2 is 2.16 bits per heavy atom. The van der Waals surface area contributed by atoms with Gasteiger partial charge in [0.25, 0.3) is 0 Å². The third kappa shape index (κ3) is 2.53. The Morgan fingerprint density at radius 1 is 1.26 bits per heavy atom. The molecule has 3 rings (SSSR count). The zero-order valence-corrected chi connectivity index (χ0v) is 12.5. The Morgan fingerprint density at radius 3 is 2.89 bits per heavy atom. The van der Waals surface area contributed by atoms with Crippen LogP contribution in [0.5, 0.6) is 0 Å². The van der Waals surface area contributed by atoms with Crippen molar-refractivity contribution < 1.29 is 0 Å². The molecule has 19 heavy (non-hydrogen) atoms. The summed E-state index contributed by atoms with van der Waals surface area (Å²) in [4.78, 5) is 8.61. The minimum Gasteiger partial charge on any atom is -0.336 e. The molecule has 2 aromatic heterocycles. The van der Waals surface area contributed by atoms with Gasteiger partial charge in [0.15, 0.2) is 0 Å². The lowest BCUT2D eigenvalue weighted by Gasteiger charge is -2.08. The highest BCUT2D eigenvalue weighted by Crippen LogP contribution is 2.22. The second kappa shape index (κ2) is 5.35. The summed E-state index contributed by atoms with van der Waals surface area (Å²) in [6.45, 7) is 1.68. The average Bonchev–Trinajstić information content (AvgIpc) is 3.02. The van der Waals surface area contributed by atoms with E-state index in [4.69, 9.17) is 11.6 Å². The summed E-state index contributed by atoms with van der Waals surface area (Å²) in [6, 6.07) is 6.10. The van der Waals surface area contributed by atoms with E-state index in [1.807, 2.05) is 29.2 Å². The molecule has 0 radical (unpaired) electrons. The number of hydrogen-bond acceptors (Lipinski definition) is 2. The van der Waals surface area contributed by atoms with E-state index >= 15 is 0 Å². The SMILES string of the molecule is ClCc1nc2cc(Br)ccc2n1CCn1ccnc1. The topological polar surface area (TPSA) is 35.6 Å². The molecule has 0 fully saturated rings. The number of alkyl halides is 1. The highest BCUT2D eigenvalue weighted by Gasteiger charge is 2.10. The maximum Gasteiger partial charge on any atom is 0.124 e. The molecule has 6 heteroatoms. The molecule has 0 aliphatic rings. The number of benzene rings is 1. The van der Waals surface area contributed by atoms with E-state index < -0.39 is 0 Å². The minimum absolute atomic E-state index is 0.413. The van der Waals surface area contributed by atoms with E-state index in [9.17, 15) is 0 Å². The average molecular weight is 340 g/mol. The number of fused-ring (bicyclic) bond motifs is 1. The van der Waals surface area contributed by atoms with Crippen LogP contribution in [0.3, 0.4) is 0 Å². The fraction of sp³-hybridized carbons (Fsp3) is 0.231. The summed E-state index contributed by atoms with van der Waals surface area (Å²) in [5.74, 6) is 1.31. The summed E-state index contributed by atoms with van der Waals surface area (Å²) < 4.78 is 5.23. The smallest absolute Gasteiger partial charge is 0.124 e. The molecule has 0 atom stereocenters. The maximum absolute atomic E-state index is 5.99. The van der Waals surface area contributed by atoms with Crippen LogP contribution >= 0.6 is 27.5 Å². The van der Waals surface area contributed by atoms with Crippen molar-refractivity contribution in [2.75, 3.05) is 0 Å². The lowest BCUT2D eigenvalue weighted by Crippen LogP contribution is -2.08. The molecular formula is C13H12BrClN4. The van der Waals surface area contributed by atoms with Crippen LogP contribution in [0.25, 0.3) is 11.0 Å². The molecule has 3 aromatic rings. The summed E-state index contributed by atoms with van der Waals surface area (Å²) in [5, 5.41) is 0. The largest absolute Gasteiger partial charge is 0.336 e. The molecule has 0 unspecified atom stereocenters. The number of aromatic nitrogens is 4. The standard InChI is InChI=1S/C13H12BrClN4/c14-10-1-2-12-11(7-10)17-13(8-15)19(12)6-5-18-4-3-16-9-18/h1-4,7,9H,5-6,8H2. The predicted octanol–water partition coefficient (Wildman–Crippen LogP) is 3.43. The van der Waals surface area contributed by atoms with Gasteiger partial charge in [-0.25, -0.2) is 9.97 Å². The van der Waals surface area contributed by atoms with Crippen LogP contribution in [-0.2, 0) is 19.0 Å². The van der Waals surface area contributed by atoms with Crippen molar-refractivity contribution >= 4 is 38.6 Å². The van der Waals surface area contributed by atoms with Crippen molar-refractivity contribution in [2.45, 2.75) is 19.0 Å². The molecule has 0 aliphatic carbocycles. The summed E-state index contributed by atoms with van der Waals surface area (Å²) in [7, 11) is 0. The van der Waals surface area contributed by atoms with E-state index in [1.165, 1.54) is 0 Å². The van der Waals surface area contributed by atoms with Crippen LogP contribution in [-0.4, -0.2) is 19.1 Å². The first kappa shape index (κ1) is 12.7. The van der Waals surface area contributed by atoms with Crippen LogP contribution in [0.4, 0.5) is 0 Å². The summed E-state index contributed by atoms with van der Waals surface area (Å²) >= 11 is 9.45.